The Morgan fingerprint density at radius 2 is 1.71 bits per heavy atom. The monoisotopic (exact) mass is 341 g/mol. The van der Waals surface area contributed by atoms with Crippen molar-refractivity contribution in [2.45, 2.75) is 50.5 Å². The Morgan fingerprint density at radius 3 is 2.25 bits per heavy atom. The second kappa shape index (κ2) is 7.01. The first-order valence-electron chi connectivity index (χ1n) is 8.36. The summed E-state index contributed by atoms with van der Waals surface area (Å²) in [7, 11) is 0. The van der Waals surface area contributed by atoms with Gasteiger partial charge in [0.1, 0.15) is 0 Å². The van der Waals surface area contributed by atoms with E-state index in [0.717, 1.165) is 44.1 Å². The Hall–Kier alpha value is -1.76. The largest absolute Gasteiger partial charge is 0.416 e. The number of amides is 2. The molecule has 4 nitrogen and oxygen atoms in total. The van der Waals surface area contributed by atoms with Crippen LogP contribution in [0.2, 0.25) is 0 Å². The van der Waals surface area contributed by atoms with Gasteiger partial charge in [0, 0.05) is 31.7 Å². The zero-order valence-electron chi connectivity index (χ0n) is 13.4. The molecule has 0 atom stereocenters. The van der Waals surface area contributed by atoms with Gasteiger partial charge in [0.05, 0.1) is 5.56 Å². The number of hydrogen-bond donors (Lipinski definition) is 2. The van der Waals surface area contributed by atoms with Crippen LogP contribution in [-0.2, 0) is 12.7 Å². The molecule has 1 heterocycles. The summed E-state index contributed by atoms with van der Waals surface area (Å²) in [4.78, 5) is 14.4. The van der Waals surface area contributed by atoms with E-state index in [1.54, 1.807) is 0 Å². The molecule has 0 bridgehead atoms. The molecule has 2 aliphatic rings. The van der Waals surface area contributed by atoms with Crippen LogP contribution in [0.5, 0.6) is 0 Å². The number of benzene rings is 1. The molecule has 1 aliphatic heterocycles. The van der Waals surface area contributed by atoms with Crippen LogP contribution >= 0.6 is 0 Å². The van der Waals surface area contributed by atoms with Gasteiger partial charge in [-0.15, -0.1) is 0 Å². The van der Waals surface area contributed by atoms with Crippen LogP contribution in [-0.4, -0.2) is 36.1 Å². The molecule has 0 unspecified atom stereocenters. The average molecular weight is 341 g/mol. The van der Waals surface area contributed by atoms with Crippen LogP contribution in [0.3, 0.4) is 0 Å². The number of nitrogens with zero attached hydrogens (tertiary/aromatic N) is 1. The van der Waals surface area contributed by atoms with E-state index in [4.69, 9.17) is 0 Å². The number of hydrogen-bond acceptors (Lipinski definition) is 2. The zero-order valence-corrected chi connectivity index (χ0v) is 13.4. The van der Waals surface area contributed by atoms with E-state index in [1.807, 2.05) is 0 Å². The minimum Gasteiger partial charge on any atom is -0.335 e. The number of urea groups is 1. The molecular weight excluding hydrogens is 319 g/mol. The molecule has 0 radical (unpaired) electrons. The number of likely N-dealkylation sites (tertiary alicyclic amines) is 1. The van der Waals surface area contributed by atoms with E-state index in [2.05, 4.69) is 15.5 Å². The van der Waals surface area contributed by atoms with Gasteiger partial charge in [0.2, 0.25) is 0 Å². The van der Waals surface area contributed by atoms with Crippen molar-refractivity contribution >= 4 is 6.03 Å². The van der Waals surface area contributed by atoms with E-state index in [0.29, 0.717) is 5.56 Å². The van der Waals surface area contributed by atoms with Gasteiger partial charge in [-0.25, -0.2) is 4.79 Å². The van der Waals surface area contributed by atoms with Gasteiger partial charge in [-0.3, -0.25) is 0 Å². The Bertz CT molecular complexity index is 561. The molecule has 24 heavy (non-hydrogen) atoms. The first-order chi connectivity index (χ1) is 11.4. The Labute approximate surface area is 139 Å². The molecule has 1 saturated heterocycles. The molecule has 1 aromatic rings. The minimum absolute atomic E-state index is 0.174. The van der Waals surface area contributed by atoms with Crippen LogP contribution in [0.4, 0.5) is 18.0 Å². The van der Waals surface area contributed by atoms with E-state index < -0.39 is 11.7 Å². The van der Waals surface area contributed by atoms with Crippen molar-refractivity contribution in [2.75, 3.05) is 13.1 Å². The third kappa shape index (κ3) is 4.63. The second-order valence-corrected chi connectivity index (χ2v) is 6.56. The maximum absolute atomic E-state index is 12.5. The van der Waals surface area contributed by atoms with Crippen molar-refractivity contribution in [3.05, 3.63) is 35.4 Å². The molecule has 1 aliphatic carbocycles. The Morgan fingerprint density at radius 1 is 1.08 bits per heavy atom. The first-order valence-corrected chi connectivity index (χ1v) is 8.36. The molecule has 0 spiro atoms. The maximum atomic E-state index is 12.5. The summed E-state index contributed by atoms with van der Waals surface area (Å²) >= 11 is 0. The van der Waals surface area contributed by atoms with E-state index >= 15 is 0 Å². The van der Waals surface area contributed by atoms with Crippen LogP contribution in [0.1, 0.15) is 36.8 Å². The van der Waals surface area contributed by atoms with Gasteiger partial charge in [-0.2, -0.15) is 13.2 Å². The third-order valence-electron chi connectivity index (χ3n) is 4.66. The molecular formula is C17H22F3N3O. The second-order valence-electron chi connectivity index (χ2n) is 6.56. The highest BCUT2D eigenvalue weighted by Crippen LogP contribution is 2.30. The van der Waals surface area contributed by atoms with Gasteiger partial charge < -0.3 is 15.5 Å². The Kier molecular flexibility index (Phi) is 4.99. The lowest BCUT2D eigenvalue weighted by atomic mass is 10.1. The van der Waals surface area contributed by atoms with Crippen LogP contribution in [0.25, 0.3) is 0 Å². The minimum atomic E-state index is -4.33. The number of rotatable bonds is 4. The summed E-state index contributed by atoms with van der Waals surface area (Å²) in [5.74, 6) is 0. The number of alkyl halides is 3. The molecule has 2 fully saturated rings. The number of nitrogens with one attached hydrogen (secondary N) is 2. The molecule has 3 rings (SSSR count). The van der Waals surface area contributed by atoms with Crippen molar-refractivity contribution in [1.29, 1.82) is 0 Å². The lowest BCUT2D eigenvalue weighted by molar-refractivity contribution is -0.137. The van der Waals surface area contributed by atoms with Crippen molar-refractivity contribution in [1.82, 2.24) is 15.5 Å². The number of halogens is 3. The van der Waals surface area contributed by atoms with E-state index in [9.17, 15) is 18.0 Å². The van der Waals surface area contributed by atoms with Crippen LogP contribution < -0.4 is 10.6 Å². The van der Waals surface area contributed by atoms with Crippen molar-refractivity contribution in [3.8, 4) is 0 Å². The topological polar surface area (TPSA) is 44.4 Å². The first kappa shape index (κ1) is 17.1. The molecule has 0 aromatic heterocycles. The van der Waals surface area contributed by atoms with Gasteiger partial charge in [0.15, 0.2) is 0 Å². The lowest BCUT2D eigenvalue weighted by Gasteiger charge is -2.32. The van der Waals surface area contributed by atoms with Crippen molar-refractivity contribution in [2.24, 2.45) is 0 Å². The number of carbonyl (C=O) groups excluding carboxylic acids is 1. The molecule has 7 heteroatoms. The molecule has 2 amide bonds. The van der Waals surface area contributed by atoms with Gasteiger partial charge >= 0.3 is 12.2 Å². The number of carbonyl (C=O) groups is 1. The van der Waals surface area contributed by atoms with Crippen molar-refractivity contribution < 1.29 is 18.0 Å². The summed E-state index contributed by atoms with van der Waals surface area (Å²) in [5.41, 5.74) is -0.0418. The predicted molar refractivity (Wildman–Crippen MR) is 84.4 cm³/mol. The standard InChI is InChI=1S/C17H22F3N3O/c18-17(19,20)13-3-1-12(2-4-13)11-21-16(24)22-14-7-9-23(10-8-14)15-5-6-15/h1-4,14-15H,5-11H2,(H2,21,22,24). The summed E-state index contributed by atoms with van der Waals surface area (Å²) in [6.07, 6.45) is 0.157. The summed E-state index contributed by atoms with van der Waals surface area (Å²) in [5, 5.41) is 5.65. The smallest absolute Gasteiger partial charge is 0.335 e. The fourth-order valence-electron chi connectivity index (χ4n) is 3.08. The maximum Gasteiger partial charge on any atom is 0.416 e. The number of piperidine rings is 1. The lowest BCUT2D eigenvalue weighted by Crippen LogP contribution is -2.48. The summed E-state index contributed by atoms with van der Waals surface area (Å²) < 4.78 is 37.5. The predicted octanol–water partition coefficient (Wildman–Crippen LogP) is 3.13. The van der Waals surface area contributed by atoms with Crippen molar-refractivity contribution in [3.63, 3.8) is 0 Å². The zero-order chi connectivity index (χ0) is 17.2. The Balaban J connectivity index is 1.39. The van der Waals surface area contributed by atoms with Gasteiger partial charge in [-0.05, 0) is 43.4 Å². The van der Waals surface area contributed by atoms with Crippen LogP contribution in [0.15, 0.2) is 24.3 Å². The SMILES string of the molecule is O=C(NCc1ccc(C(F)(F)F)cc1)NC1CCN(C2CC2)CC1. The highest BCUT2D eigenvalue weighted by atomic mass is 19.4. The summed E-state index contributed by atoms with van der Waals surface area (Å²) in [6.45, 7) is 2.26. The van der Waals surface area contributed by atoms with E-state index in [1.165, 1.54) is 25.0 Å². The normalized spacial score (nSPS) is 20.0. The molecule has 1 aromatic carbocycles. The molecule has 132 valence electrons. The van der Waals surface area contributed by atoms with E-state index in [-0.39, 0.29) is 18.6 Å². The van der Waals surface area contributed by atoms with Crippen LogP contribution in [0, 0.1) is 0 Å². The molecule has 2 N–H and O–H groups in total. The average Bonchev–Trinajstić information content (AvgIpc) is 3.38. The summed E-state index contributed by atoms with van der Waals surface area (Å²) in [6, 6.07) is 5.51. The van der Waals surface area contributed by atoms with Gasteiger partial charge in [0.25, 0.3) is 0 Å². The molecule has 1 saturated carbocycles. The quantitative estimate of drug-likeness (QED) is 0.884. The fraction of sp³-hybridized carbons (Fsp3) is 0.588. The fourth-order valence-corrected chi connectivity index (χ4v) is 3.08. The highest BCUT2D eigenvalue weighted by molar-refractivity contribution is 5.74. The highest BCUT2D eigenvalue weighted by Gasteiger charge is 2.32. The van der Waals surface area contributed by atoms with Gasteiger partial charge in [-0.1, -0.05) is 12.1 Å². The third-order valence-corrected chi connectivity index (χ3v) is 4.66.